The third-order valence-electron chi connectivity index (χ3n) is 3.70. The molecule has 0 aliphatic carbocycles. The van der Waals surface area contributed by atoms with Gasteiger partial charge in [-0.1, -0.05) is 16.8 Å². The summed E-state index contributed by atoms with van der Waals surface area (Å²) in [5, 5.41) is 2.35. The molecule has 0 radical (unpaired) electrons. The van der Waals surface area contributed by atoms with Crippen molar-refractivity contribution in [3.63, 3.8) is 0 Å². The average Bonchev–Trinajstić information content (AvgIpc) is 2.95. The van der Waals surface area contributed by atoms with Gasteiger partial charge in [-0.15, -0.1) is 0 Å². The number of amides is 1. The Morgan fingerprint density at radius 1 is 1.39 bits per heavy atom. The number of morpholine rings is 1. The molecule has 8 heteroatoms. The van der Waals surface area contributed by atoms with Crippen molar-refractivity contribution in [2.24, 2.45) is 0 Å². The second kappa shape index (κ2) is 6.74. The van der Waals surface area contributed by atoms with Gasteiger partial charge in [-0.25, -0.2) is 9.18 Å². The number of carbonyl (C=O) groups is 1. The highest BCUT2D eigenvalue weighted by Gasteiger charge is 2.27. The maximum absolute atomic E-state index is 12.9. The number of nitrogens with zero attached hydrogens (tertiary/aromatic N) is 2. The second-order valence-electron chi connectivity index (χ2n) is 5.43. The van der Waals surface area contributed by atoms with Crippen LogP contribution in [0.5, 0.6) is 0 Å². The summed E-state index contributed by atoms with van der Waals surface area (Å²) in [4.78, 5) is 24.9. The van der Waals surface area contributed by atoms with Gasteiger partial charge in [-0.2, -0.15) is 0 Å². The average molecular weight is 322 g/mol. The quantitative estimate of drug-likeness (QED) is 0.795. The first kappa shape index (κ1) is 15.4. The highest BCUT2D eigenvalue weighted by atomic mass is 19.1. The molecule has 1 fully saturated rings. The molecule has 122 valence electrons. The van der Waals surface area contributed by atoms with Gasteiger partial charge in [0.25, 0.3) is 18.6 Å². The van der Waals surface area contributed by atoms with Gasteiger partial charge in [-0.05, 0) is 23.0 Å². The number of H-pyrrole nitrogens is 1. The number of nitrogens with one attached hydrogen (secondary N) is 1. The lowest BCUT2D eigenvalue weighted by Crippen LogP contribution is -2.51. The highest BCUT2D eigenvalue weighted by Crippen LogP contribution is 2.12. The predicted molar refractivity (Wildman–Crippen MR) is 75.9 cm³/mol. The highest BCUT2D eigenvalue weighted by molar-refractivity contribution is 5.74. The maximum Gasteiger partial charge on any atom is 0.426 e. The van der Waals surface area contributed by atoms with E-state index < -0.39 is 5.63 Å². The van der Waals surface area contributed by atoms with E-state index in [2.05, 4.69) is 9.79 Å². The summed E-state index contributed by atoms with van der Waals surface area (Å²) in [5.74, 6) is -0.402. The fraction of sp³-hybridized carbons (Fsp3) is 0.400. The fourth-order valence-corrected chi connectivity index (χ4v) is 2.56. The zero-order chi connectivity index (χ0) is 16.2. The minimum Gasteiger partial charge on any atom is -0.374 e. The van der Waals surface area contributed by atoms with Gasteiger partial charge in [0.2, 0.25) is 0 Å². The molecule has 0 saturated carbocycles. The van der Waals surface area contributed by atoms with Crippen LogP contribution in [0.4, 0.5) is 4.39 Å². The standard InChI is InChI=1S/C15H16FN3O4/c16-12-3-1-11(2-4-12)7-13-8-18(5-6-22-13)14(20)9-19-10-15(21)23-17-19/h1-4,10,13H,5-9H2/p+1. The molecule has 1 aliphatic heterocycles. The van der Waals surface area contributed by atoms with E-state index in [9.17, 15) is 14.0 Å². The van der Waals surface area contributed by atoms with Crippen LogP contribution in [0.1, 0.15) is 5.56 Å². The molecule has 1 N–H and O–H groups in total. The number of hydrogen-bond acceptors (Lipinski definition) is 4. The van der Waals surface area contributed by atoms with Crippen molar-refractivity contribution >= 4 is 5.91 Å². The van der Waals surface area contributed by atoms with Crippen molar-refractivity contribution in [1.29, 1.82) is 0 Å². The predicted octanol–water partition coefficient (Wildman–Crippen LogP) is -0.135. The largest absolute Gasteiger partial charge is 0.426 e. The van der Waals surface area contributed by atoms with Crippen molar-refractivity contribution in [3.8, 4) is 0 Å². The topological polar surface area (TPSA) is 79.4 Å². The molecular formula is C15H17FN3O4+. The molecule has 1 atom stereocenters. The van der Waals surface area contributed by atoms with Gasteiger partial charge in [0.15, 0.2) is 0 Å². The minimum atomic E-state index is -0.533. The van der Waals surface area contributed by atoms with Crippen molar-refractivity contribution in [3.05, 3.63) is 52.3 Å². The van der Waals surface area contributed by atoms with Crippen LogP contribution in [0.3, 0.4) is 0 Å². The normalized spacial score (nSPS) is 18.1. The summed E-state index contributed by atoms with van der Waals surface area (Å²) in [6, 6.07) is 6.25. The van der Waals surface area contributed by atoms with Gasteiger partial charge in [-0.3, -0.25) is 9.32 Å². The summed E-state index contributed by atoms with van der Waals surface area (Å²) in [6.45, 7) is 1.42. The molecule has 1 amide bonds. The summed E-state index contributed by atoms with van der Waals surface area (Å²) in [5.41, 5.74) is 0.424. The zero-order valence-electron chi connectivity index (χ0n) is 12.4. The van der Waals surface area contributed by atoms with E-state index in [0.29, 0.717) is 26.1 Å². The van der Waals surface area contributed by atoms with E-state index >= 15 is 0 Å². The lowest BCUT2D eigenvalue weighted by Gasteiger charge is -2.32. The first-order valence-corrected chi connectivity index (χ1v) is 7.32. The molecule has 1 unspecified atom stereocenters. The van der Waals surface area contributed by atoms with Gasteiger partial charge in [0, 0.05) is 19.5 Å². The number of carbonyl (C=O) groups excluding carboxylic acids is 1. The number of rotatable bonds is 4. The molecule has 23 heavy (non-hydrogen) atoms. The Hall–Kier alpha value is -2.48. The lowest BCUT2D eigenvalue weighted by molar-refractivity contribution is -0.751. The Balaban J connectivity index is 1.58. The van der Waals surface area contributed by atoms with Crippen molar-refractivity contribution in [1.82, 2.24) is 10.2 Å². The van der Waals surface area contributed by atoms with E-state index in [1.165, 1.54) is 23.0 Å². The van der Waals surface area contributed by atoms with Crippen LogP contribution in [0, 0.1) is 5.82 Å². The van der Waals surface area contributed by atoms with E-state index in [4.69, 9.17) is 4.74 Å². The molecule has 1 aromatic heterocycles. The van der Waals surface area contributed by atoms with E-state index in [0.717, 1.165) is 5.56 Å². The Labute approximate surface area is 131 Å². The van der Waals surface area contributed by atoms with Crippen LogP contribution >= 0.6 is 0 Å². The fourth-order valence-electron chi connectivity index (χ4n) is 2.56. The Morgan fingerprint density at radius 2 is 2.17 bits per heavy atom. The molecular weight excluding hydrogens is 305 g/mol. The van der Waals surface area contributed by atoms with E-state index in [1.807, 2.05) is 0 Å². The maximum atomic E-state index is 12.9. The third kappa shape index (κ3) is 4.04. The number of aromatic nitrogens is 2. The molecule has 3 rings (SSSR count). The number of benzene rings is 1. The Morgan fingerprint density at radius 3 is 2.87 bits per heavy atom. The van der Waals surface area contributed by atoms with Crippen molar-refractivity contribution in [2.75, 3.05) is 19.7 Å². The van der Waals surface area contributed by atoms with Crippen molar-refractivity contribution in [2.45, 2.75) is 19.1 Å². The second-order valence-corrected chi connectivity index (χ2v) is 5.43. The smallest absolute Gasteiger partial charge is 0.374 e. The molecule has 0 spiro atoms. The van der Waals surface area contributed by atoms with Gasteiger partial charge < -0.3 is 9.64 Å². The molecule has 7 nitrogen and oxygen atoms in total. The van der Waals surface area contributed by atoms with Crippen LogP contribution in [0.25, 0.3) is 0 Å². The molecule has 1 aliphatic rings. The van der Waals surface area contributed by atoms with E-state index in [1.54, 1.807) is 17.0 Å². The lowest BCUT2D eigenvalue weighted by atomic mass is 10.1. The van der Waals surface area contributed by atoms with Crippen LogP contribution in [-0.2, 0) is 22.5 Å². The first-order chi connectivity index (χ1) is 11.1. The first-order valence-electron chi connectivity index (χ1n) is 7.32. The summed E-state index contributed by atoms with van der Waals surface area (Å²) in [7, 11) is 0. The molecule has 2 heterocycles. The van der Waals surface area contributed by atoms with Gasteiger partial charge in [0.05, 0.1) is 12.7 Å². The van der Waals surface area contributed by atoms with Crippen LogP contribution in [0.2, 0.25) is 0 Å². The Bertz CT molecular complexity index is 725. The SMILES string of the molecule is O=C(C[n+]1cc(=O)o[nH]1)N1CCOC(Cc2ccc(F)cc2)C1. The summed E-state index contributed by atoms with van der Waals surface area (Å²) < 4.78 is 24.4. The van der Waals surface area contributed by atoms with Crippen molar-refractivity contribution < 1.29 is 23.1 Å². The zero-order valence-corrected chi connectivity index (χ0v) is 12.4. The number of halogens is 1. The monoisotopic (exact) mass is 322 g/mol. The van der Waals surface area contributed by atoms with Crippen LogP contribution in [0.15, 0.2) is 39.8 Å². The molecule has 0 bridgehead atoms. The number of hydrogen-bond donors (Lipinski definition) is 1. The third-order valence-corrected chi connectivity index (χ3v) is 3.70. The van der Waals surface area contributed by atoms with Gasteiger partial charge in [0.1, 0.15) is 5.82 Å². The number of aromatic amines is 1. The Kier molecular flexibility index (Phi) is 4.52. The van der Waals surface area contributed by atoms with E-state index in [-0.39, 0.29) is 24.4 Å². The summed E-state index contributed by atoms with van der Waals surface area (Å²) >= 11 is 0. The number of ether oxygens (including phenoxy) is 1. The van der Waals surface area contributed by atoms with Crippen LogP contribution < -0.4 is 10.3 Å². The minimum absolute atomic E-state index is 0.00894. The van der Waals surface area contributed by atoms with Gasteiger partial charge >= 0.3 is 5.63 Å². The summed E-state index contributed by atoms with van der Waals surface area (Å²) in [6.07, 6.45) is 1.67. The molecule has 1 saturated heterocycles. The molecule has 1 aromatic carbocycles. The molecule has 2 aromatic rings. The van der Waals surface area contributed by atoms with Crippen LogP contribution in [-0.4, -0.2) is 41.9 Å².